The zero-order valence-corrected chi connectivity index (χ0v) is 12.5. The maximum absolute atomic E-state index is 6.00. The van der Waals surface area contributed by atoms with E-state index in [1.807, 2.05) is 0 Å². The number of nitrogens with zero attached hydrogens (tertiary/aromatic N) is 1. The first-order valence-electron chi connectivity index (χ1n) is 7.07. The third kappa shape index (κ3) is 3.18. The minimum atomic E-state index is 0.213. The van der Waals surface area contributed by atoms with Gasteiger partial charge in [0.1, 0.15) is 0 Å². The number of ether oxygens (including phenoxy) is 1. The minimum absolute atomic E-state index is 0.213. The molecule has 20 heavy (non-hydrogen) atoms. The molecule has 3 nitrogen and oxygen atoms in total. The van der Waals surface area contributed by atoms with Gasteiger partial charge in [-0.25, -0.2) is 0 Å². The lowest BCUT2D eigenvalue weighted by Gasteiger charge is -2.32. The Morgan fingerprint density at radius 1 is 1.15 bits per heavy atom. The Morgan fingerprint density at radius 3 is 2.50 bits per heavy atom. The van der Waals surface area contributed by atoms with E-state index in [2.05, 4.69) is 61.3 Å². The van der Waals surface area contributed by atoms with E-state index in [9.17, 15) is 0 Å². The summed E-state index contributed by atoms with van der Waals surface area (Å²) in [6.45, 7) is 3.47. The van der Waals surface area contributed by atoms with Crippen LogP contribution in [0, 0.1) is 0 Å². The lowest BCUT2D eigenvalue weighted by atomic mass is 10.00. The van der Waals surface area contributed by atoms with Crippen LogP contribution in [0.15, 0.2) is 42.5 Å². The summed E-state index contributed by atoms with van der Waals surface area (Å²) in [5.74, 6) is 0. The summed E-state index contributed by atoms with van der Waals surface area (Å²) in [6, 6.07) is 15.5. The van der Waals surface area contributed by atoms with Crippen molar-refractivity contribution in [1.82, 2.24) is 4.90 Å². The van der Waals surface area contributed by atoms with Crippen LogP contribution in [0.4, 0.5) is 0 Å². The number of rotatable bonds is 6. The lowest BCUT2D eigenvalue weighted by molar-refractivity contribution is 0.0911. The summed E-state index contributed by atoms with van der Waals surface area (Å²) in [5, 5.41) is 2.52. The molecular weight excluding hydrogens is 248 g/mol. The average molecular weight is 272 g/mol. The molecule has 0 bridgehead atoms. The fourth-order valence-electron chi connectivity index (χ4n) is 2.62. The molecule has 0 spiro atoms. The van der Waals surface area contributed by atoms with Crippen molar-refractivity contribution in [3.63, 3.8) is 0 Å². The number of likely N-dealkylation sites (N-methyl/N-ethyl adjacent to an activating group) is 1. The predicted octanol–water partition coefficient (Wildman–Crippen LogP) is 2.81. The van der Waals surface area contributed by atoms with Crippen LogP contribution in [0.2, 0.25) is 0 Å². The molecule has 2 atom stereocenters. The van der Waals surface area contributed by atoms with Gasteiger partial charge in [0.2, 0.25) is 0 Å². The number of hydrogen-bond acceptors (Lipinski definition) is 3. The van der Waals surface area contributed by atoms with Crippen LogP contribution in [-0.2, 0) is 4.74 Å². The van der Waals surface area contributed by atoms with Crippen molar-refractivity contribution in [3.8, 4) is 0 Å². The number of benzene rings is 2. The van der Waals surface area contributed by atoms with Crippen molar-refractivity contribution < 1.29 is 4.74 Å². The lowest BCUT2D eigenvalue weighted by Crippen LogP contribution is -2.39. The van der Waals surface area contributed by atoms with Gasteiger partial charge >= 0.3 is 0 Å². The molecule has 0 aliphatic heterocycles. The Morgan fingerprint density at radius 2 is 1.85 bits per heavy atom. The van der Waals surface area contributed by atoms with Crippen LogP contribution >= 0.6 is 0 Å². The van der Waals surface area contributed by atoms with Gasteiger partial charge < -0.3 is 10.5 Å². The first-order chi connectivity index (χ1) is 9.67. The van der Waals surface area contributed by atoms with Crippen molar-refractivity contribution in [1.29, 1.82) is 0 Å². The normalized spacial score (nSPS) is 14.7. The van der Waals surface area contributed by atoms with Crippen molar-refractivity contribution in [2.45, 2.75) is 19.0 Å². The molecule has 0 aliphatic rings. The van der Waals surface area contributed by atoms with Crippen molar-refractivity contribution in [2.24, 2.45) is 5.73 Å². The molecule has 0 aliphatic carbocycles. The Hall–Kier alpha value is -1.42. The topological polar surface area (TPSA) is 38.5 Å². The van der Waals surface area contributed by atoms with E-state index in [0.717, 1.165) is 0 Å². The Kier molecular flexibility index (Phi) is 5.12. The number of fused-ring (bicyclic) bond motifs is 1. The molecule has 3 heteroatoms. The molecular formula is C17H24N2O. The van der Waals surface area contributed by atoms with Crippen molar-refractivity contribution >= 4 is 10.8 Å². The van der Waals surface area contributed by atoms with E-state index in [1.165, 1.54) is 16.3 Å². The van der Waals surface area contributed by atoms with Crippen LogP contribution in [0.1, 0.15) is 18.5 Å². The average Bonchev–Trinajstić information content (AvgIpc) is 2.48. The zero-order chi connectivity index (χ0) is 14.5. The highest BCUT2D eigenvalue weighted by Gasteiger charge is 2.20. The van der Waals surface area contributed by atoms with Gasteiger partial charge in [-0.1, -0.05) is 36.4 Å². The highest BCUT2D eigenvalue weighted by Crippen LogP contribution is 2.24. The van der Waals surface area contributed by atoms with Gasteiger partial charge in [-0.15, -0.1) is 0 Å². The fraction of sp³-hybridized carbons (Fsp3) is 0.412. The molecule has 0 saturated carbocycles. The van der Waals surface area contributed by atoms with E-state index in [4.69, 9.17) is 10.5 Å². The van der Waals surface area contributed by atoms with Gasteiger partial charge in [0.05, 0.1) is 6.61 Å². The van der Waals surface area contributed by atoms with Gasteiger partial charge in [0.25, 0.3) is 0 Å². The molecule has 2 aromatic carbocycles. The first-order valence-corrected chi connectivity index (χ1v) is 7.07. The molecule has 2 N–H and O–H groups in total. The van der Waals surface area contributed by atoms with Crippen LogP contribution in [-0.4, -0.2) is 38.3 Å². The molecule has 0 fully saturated rings. The van der Waals surface area contributed by atoms with E-state index in [0.29, 0.717) is 19.2 Å². The fourth-order valence-corrected chi connectivity index (χ4v) is 2.62. The van der Waals surface area contributed by atoms with Gasteiger partial charge in [-0.05, 0) is 36.4 Å². The number of hydrogen-bond donors (Lipinski definition) is 1. The first kappa shape index (κ1) is 15.0. The van der Waals surface area contributed by atoms with Crippen LogP contribution in [0.3, 0.4) is 0 Å². The molecule has 108 valence electrons. The Bertz CT molecular complexity index is 555. The second-order valence-electron chi connectivity index (χ2n) is 5.33. The largest absolute Gasteiger partial charge is 0.383 e. The predicted molar refractivity (Wildman–Crippen MR) is 84.8 cm³/mol. The molecule has 0 aromatic heterocycles. The van der Waals surface area contributed by atoms with E-state index >= 15 is 0 Å². The van der Waals surface area contributed by atoms with Crippen molar-refractivity contribution in [3.05, 3.63) is 48.0 Å². The molecule has 2 rings (SSSR count). The summed E-state index contributed by atoms with van der Waals surface area (Å²) in [7, 11) is 3.84. The number of methoxy groups -OCH3 is 1. The Labute approximate surface area is 121 Å². The SMILES string of the molecule is COCC(C)N(C)C(CN)c1ccc2ccccc2c1. The monoisotopic (exact) mass is 272 g/mol. The maximum atomic E-state index is 6.00. The molecule has 2 unspecified atom stereocenters. The van der Waals surface area contributed by atoms with Gasteiger partial charge in [0, 0.05) is 25.7 Å². The van der Waals surface area contributed by atoms with Crippen LogP contribution < -0.4 is 5.73 Å². The third-order valence-electron chi connectivity index (χ3n) is 3.98. The standard InChI is InChI=1S/C17H24N2O/c1-13(12-20-3)19(2)17(11-18)16-9-8-14-6-4-5-7-15(14)10-16/h4-10,13,17H,11-12,18H2,1-3H3. The van der Waals surface area contributed by atoms with E-state index < -0.39 is 0 Å². The Balaban J connectivity index is 2.29. The quantitative estimate of drug-likeness (QED) is 0.879. The summed E-state index contributed by atoms with van der Waals surface area (Å²) in [5.41, 5.74) is 7.26. The second kappa shape index (κ2) is 6.84. The minimum Gasteiger partial charge on any atom is -0.383 e. The molecule has 2 aromatic rings. The van der Waals surface area contributed by atoms with Crippen LogP contribution in [0.25, 0.3) is 10.8 Å². The third-order valence-corrected chi connectivity index (χ3v) is 3.98. The van der Waals surface area contributed by atoms with E-state index in [-0.39, 0.29) is 6.04 Å². The van der Waals surface area contributed by atoms with Gasteiger partial charge in [0.15, 0.2) is 0 Å². The zero-order valence-electron chi connectivity index (χ0n) is 12.5. The summed E-state index contributed by atoms with van der Waals surface area (Å²) < 4.78 is 5.24. The number of nitrogens with two attached hydrogens (primary N) is 1. The molecule has 0 amide bonds. The second-order valence-corrected chi connectivity index (χ2v) is 5.33. The molecule has 0 radical (unpaired) electrons. The highest BCUT2D eigenvalue weighted by atomic mass is 16.5. The summed E-state index contributed by atoms with van der Waals surface area (Å²) >= 11 is 0. The summed E-state index contributed by atoms with van der Waals surface area (Å²) in [6.07, 6.45) is 0. The van der Waals surface area contributed by atoms with E-state index in [1.54, 1.807) is 7.11 Å². The summed E-state index contributed by atoms with van der Waals surface area (Å²) in [4.78, 5) is 2.29. The molecule has 0 heterocycles. The highest BCUT2D eigenvalue weighted by molar-refractivity contribution is 5.83. The maximum Gasteiger partial charge on any atom is 0.0615 e. The van der Waals surface area contributed by atoms with Gasteiger partial charge in [-0.2, -0.15) is 0 Å². The van der Waals surface area contributed by atoms with Crippen molar-refractivity contribution in [2.75, 3.05) is 27.3 Å². The smallest absolute Gasteiger partial charge is 0.0615 e. The van der Waals surface area contributed by atoms with Crippen LogP contribution in [0.5, 0.6) is 0 Å². The molecule has 0 saturated heterocycles. The van der Waals surface area contributed by atoms with Gasteiger partial charge in [-0.3, -0.25) is 4.90 Å².